The Labute approximate surface area is 124 Å². The summed E-state index contributed by atoms with van der Waals surface area (Å²) in [6.45, 7) is 6.64. The van der Waals surface area contributed by atoms with Crippen LogP contribution in [0.25, 0.3) is 5.69 Å². The molecule has 1 N–H and O–H groups in total. The molecule has 0 saturated carbocycles. The van der Waals surface area contributed by atoms with Gasteiger partial charge in [-0.15, -0.1) is 5.10 Å². The van der Waals surface area contributed by atoms with E-state index in [2.05, 4.69) is 41.6 Å². The van der Waals surface area contributed by atoms with Crippen molar-refractivity contribution in [1.29, 1.82) is 0 Å². The summed E-state index contributed by atoms with van der Waals surface area (Å²) in [5, 5.41) is 15.3. The van der Waals surface area contributed by atoms with Crippen LogP contribution >= 0.6 is 11.6 Å². The molecule has 0 spiro atoms. The molecule has 0 bridgehead atoms. The lowest BCUT2D eigenvalue weighted by atomic mass is 10.0. The molecule has 108 valence electrons. The molecule has 0 saturated heterocycles. The van der Waals surface area contributed by atoms with Gasteiger partial charge in [0.1, 0.15) is 6.33 Å². The third-order valence-corrected chi connectivity index (χ3v) is 3.47. The highest BCUT2D eigenvalue weighted by atomic mass is 35.5. The van der Waals surface area contributed by atoms with E-state index in [0.717, 1.165) is 17.8 Å². The zero-order chi connectivity index (χ0) is 14.5. The molecule has 6 heteroatoms. The highest BCUT2D eigenvalue weighted by Crippen LogP contribution is 2.26. The van der Waals surface area contributed by atoms with Crippen LogP contribution in [0.3, 0.4) is 0 Å². The van der Waals surface area contributed by atoms with Gasteiger partial charge >= 0.3 is 0 Å². The van der Waals surface area contributed by atoms with Crippen molar-refractivity contribution >= 4 is 17.3 Å². The van der Waals surface area contributed by atoms with Crippen LogP contribution in [0.1, 0.15) is 33.6 Å². The van der Waals surface area contributed by atoms with Crippen molar-refractivity contribution < 1.29 is 0 Å². The Hall–Kier alpha value is -1.62. The fourth-order valence-electron chi connectivity index (χ4n) is 1.97. The first-order chi connectivity index (χ1) is 9.56. The molecule has 0 aliphatic carbocycles. The largest absolute Gasteiger partial charge is 0.381 e. The highest BCUT2D eigenvalue weighted by molar-refractivity contribution is 6.33. The summed E-state index contributed by atoms with van der Waals surface area (Å²) in [7, 11) is 0. The molecule has 1 heterocycles. The second-order valence-electron chi connectivity index (χ2n) is 5.44. The molecule has 0 amide bonds. The fourth-order valence-corrected chi connectivity index (χ4v) is 2.14. The number of benzene rings is 1. The third-order valence-electron chi connectivity index (χ3n) is 3.14. The quantitative estimate of drug-likeness (QED) is 0.885. The minimum atomic E-state index is 0.374. The zero-order valence-corrected chi connectivity index (χ0v) is 12.8. The van der Waals surface area contributed by atoms with E-state index in [1.165, 1.54) is 6.42 Å². The van der Waals surface area contributed by atoms with E-state index in [-0.39, 0.29) is 0 Å². The molecule has 0 radical (unpaired) electrons. The van der Waals surface area contributed by atoms with Crippen molar-refractivity contribution in [2.45, 2.75) is 39.7 Å². The Kier molecular flexibility index (Phi) is 4.95. The molecule has 0 aliphatic heterocycles. The van der Waals surface area contributed by atoms with Crippen LogP contribution in [-0.4, -0.2) is 26.2 Å². The molecule has 1 atom stereocenters. The Balaban J connectivity index is 2.09. The van der Waals surface area contributed by atoms with Gasteiger partial charge in [0.15, 0.2) is 0 Å². The van der Waals surface area contributed by atoms with E-state index in [0.29, 0.717) is 17.0 Å². The average molecular weight is 294 g/mol. The summed E-state index contributed by atoms with van der Waals surface area (Å²) in [6.07, 6.45) is 3.87. The fraction of sp³-hybridized carbons (Fsp3) is 0.500. The monoisotopic (exact) mass is 293 g/mol. The minimum Gasteiger partial charge on any atom is -0.381 e. The van der Waals surface area contributed by atoms with Gasteiger partial charge in [0.2, 0.25) is 0 Å². The normalized spacial score (nSPS) is 12.7. The van der Waals surface area contributed by atoms with E-state index in [4.69, 9.17) is 11.6 Å². The molecule has 0 aliphatic rings. The molecule has 5 nitrogen and oxygen atoms in total. The Morgan fingerprint density at radius 2 is 2.05 bits per heavy atom. The summed E-state index contributed by atoms with van der Waals surface area (Å²) >= 11 is 6.24. The minimum absolute atomic E-state index is 0.374. The van der Waals surface area contributed by atoms with E-state index in [1.54, 1.807) is 11.0 Å². The first kappa shape index (κ1) is 14.8. The number of halogens is 1. The number of tetrazole rings is 1. The summed E-state index contributed by atoms with van der Waals surface area (Å²) in [5.41, 5.74) is 1.80. The van der Waals surface area contributed by atoms with Crippen LogP contribution in [0.15, 0.2) is 24.5 Å². The van der Waals surface area contributed by atoms with Gasteiger partial charge in [-0.05, 0) is 54.3 Å². The number of nitrogens with one attached hydrogen (secondary N) is 1. The smallest absolute Gasteiger partial charge is 0.143 e. The van der Waals surface area contributed by atoms with Crippen LogP contribution in [0.4, 0.5) is 5.69 Å². The molecule has 2 rings (SSSR count). The summed E-state index contributed by atoms with van der Waals surface area (Å²) < 4.78 is 1.61. The number of rotatable bonds is 6. The van der Waals surface area contributed by atoms with Crippen LogP contribution in [0.5, 0.6) is 0 Å². The number of nitrogens with zero attached hydrogens (tertiary/aromatic N) is 4. The van der Waals surface area contributed by atoms with Crippen molar-refractivity contribution in [3.63, 3.8) is 0 Å². The molecule has 1 aromatic carbocycles. The first-order valence-corrected chi connectivity index (χ1v) is 7.23. The van der Waals surface area contributed by atoms with E-state index in [1.807, 2.05) is 18.2 Å². The molecule has 1 aromatic heterocycles. The van der Waals surface area contributed by atoms with Crippen LogP contribution in [-0.2, 0) is 0 Å². The molecule has 2 aromatic rings. The van der Waals surface area contributed by atoms with E-state index in [9.17, 15) is 0 Å². The van der Waals surface area contributed by atoms with Gasteiger partial charge in [0.25, 0.3) is 0 Å². The lowest BCUT2D eigenvalue weighted by molar-refractivity contribution is 0.528. The first-order valence-electron chi connectivity index (χ1n) is 6.85. The van der Waals surface area contributed by atoms with Crippen molar-refractivity contribution in [2.24, 2.45) is 5.92 Å². The SMILES string of the molecule is CC(C)CCC(C)Nc1cc(-n2cnnn2)ccc1Cl. The zero-order valence-electron chi connectivity index (χ0n) is 12.0. The third kappa shape index (κ3) is 3.93. The number of anilines is 1. The van der Waals surface area contributed by atoms with Crippen molar-refractivity contribution in [3.05, 3.63) is 29.5 Å². The lowest BCUT2D eigenvalue weighted by Gasteiger charge is -2.18. The van der Waals surface area contributed by atoms with Gasteiger partial charge in [0.05, 0.1) is 16.4 Å². The molecular weight excluding hydrogens is 274 g/mol. The van der Waals surface area contributed by atoms with Gasteiger partial charge < -0.3 is 5.32 Å². The Bertz CT molecular complexity index is 539. The van der Waals surface area contributed by atoms with Gasteiger partial charge in [-0.3, -0.25) is 0 Å². The topological polar surface area (TPSA) is 55.6 Å². The summed E-state index contributed by atoms with van der Waals surface area (Å²) in [6, 6.07) is 6.09. The van der Waals surface area contributed by atoms with Gasteiger partial charge in [-0.1, -0.05) is 25.4 Å². The van der Waals surface area contributed by atoms with E-state index < -0.39 is 0 Å². The second-order valence-corrected chi connectivity index (χ2v) is 5.84. The number of hydrogen-bond donors (Lipinski definition) is 1. The number of hydrogen-bond acceptors (Lipinski definition) is 4. The molecule has 1 unspecified atom stereocenters. The maximum atomic E-state index is 6.24. The maximum Gasteiger partial charge on any atom is 0.143 e. The van der Waals surface area contributed by atoms with Crippen LogP contribution < -0.4 is 5.32 Å². The maximum absolute atomic E-state index is 6.24. The van der Waals surface area contributed by atoms with Crippen LogP contribution in [0.2, 0.25) is 5.02 Å². The second kappa shape index (κ2) is 6.70. The van der Waals surface area contributed by atoms with Gasteiger partial charge in [0, 0.05) is 6.04 Å². The van der Waals surface area contributed by atoms with Crippen molar-refractivity contribution in [1.82, 2.24) is 20.2 Å². The summed E-state index contributed by atoms with van der Waals surface area (Å²) in [5.74, 6) is 0.710. The lowest BCUT2D eigenvalue weighted by Crippen LogP contribution is -2.16. The predicted octanol–water partition coefficient (Wildman–Crippen LogP) is 3.55. The average Bonchev–Trinajstić information content (AvgIpc) is 2.93. The summed E-state index contributed by atoms with van der Waals surface area (Å²) in [4.78, 5) is 0. The Morgan fingerprint density at radius 3 is 2.70 bits per heavy atom. The van der Waals surface area contributed by atoms with Gasteiger partial charge in [-0.25, -0.2) is 4.68 Å². The van der Waals surface area contributed by atoms with Crippen molar-refractivity contribution in [3.8, 4) is 5.69 Å². The predicted molar refractivity (Wildman–Crippen MR) is 81.3 cm³/mol. The molecule has 20 heavy (non-hydrogen) atoms. The van der Waals surface area contributed by atoms with E-state index >= 15 is 0 Å². The van der Waals surface area contributed by atoms with Crippen LogP contribution in [0, 0.1) is 5.92 Å². The highest BCUT2D eigenvalue weighted by Gasteiger charge is 2.08. The molecule has 0 fully saturated rings. The van der Waals surface area contributed by atoms with Crippen molar-refractivity contribution in [2.75, 3.05) is 5.32 Å². The molecular formula is C14H20ClN5. The number of aromatic nitrogens is 4. The Morgan fingerprint density at radius 1 is 1.25 bits per heavy atom. The van der Waals surface area contributed by atoms with Gasteiger partial charge in [-0.2, -0.15) is 0 Å². The standard InChI is InChI=1S/C14H20ClN5/c1-10(2)4-5-11(3)17-14-8-12(6-7-13(14)15)20-9-16-18-19-20/h6-11,17H,4-5H2,1-3H3.